The van der Waals surface area contributed by atoms with Gasteiger partial charge < -0.3 is 34.0 Å². The first-order valence-electron chi connectivity index (χ1n) is 16.3. The summed E-state index contributed by atoms with van der Waals surface area (Å²) in [7, 11) is 1.54. The highest BCUT2D eigenvalue weighted by molar-refractivity contribution is 6.01. The first-order chi connectivity index (χ1) is 20.9. The monoisotopic (exact) mass is 613 g/mol. The molecule has 3 saturated heterocycles. The molecule has 0 aromatic carbocycles. The van der Waals surface area contributed by atoms with Gasteiger partial charge in [-0.15, -0.1) is 0 Å². The summed E-state index contributed by atoms with van der Waals surface area (Å²) in [6.45, 7) is 12.5. The number of hydrogen-bond donors (Lipinski definition) is 2. The number of aliphatic hydroxyl groups is 2. The second-order valence-corrected chi connectivity index (χ2v) is 13.7. The third kappa shape index (κ3) is 6.23. The second kappa shape index (κ2) is 13.2. The molecule has 0 amide bonds. The average molecular weight is 614 g/mol. The van der Waals surface area contributed by atoms with Crippen molar-refractivity contribution >= 4 is 11.7 Å². The fraction of sp³-hybridized carbons (Fsp3) is 0.714. The maximum atomic E-state index is 14.0. The Balaban J connectivity index is 1.56. The van der Waals surface area contributed by atoms with Crippen LogP contribution in [0.1, 0.15) is 80.1 Å². The maximum Gasteiger partial charge on any atom is 0.316 e. The van der Waals surface area contributed by atoms with E-state index < -0.39 is 41.6 Å². The zero-order chi connectivity index (χ0) is 31.8. The molecule has 0 aromatic heterocycles. The van der Waals surface area contributed by atoms with Crippen molar-refractivity contribution in [3.8, 4) is 0 Å². The molecule has 0 unspecified atom stereocenters. The zero-order valence-corrected chi connectivity index (χ0v) is 27.3. The predicted molar refractivity (Wildman–Crippen MR) is 167 cm³/mol. The highest BCUT2D eigenvalue weighted by Crippen LogP contribution is 2.47. The van der Waals surface area contributed by atoms with Crippen molar-refractivity contribution in [2.24, 2.45) is 28.8 Å². The van der Waals surface area contributed by atoms with Crippen molar-refractivity contribution in [1.29, 1.82) is 0 Å². The number of ether oxygens (including phenoxy) is 4. The van der Waals surface area contributed by atoms with Crippen molar-refractivity contribution in [1.82, 2.24) is 0 Å². The number of carbonyl (C=O) groups excluding carboxylic acids is 1. The molecular formula is C35H51NO8. The Bertz CT molecular complexity index is 1230. The Labute approximate surface area is 262 Å². The van der Waals surface area contributed by atoms with E-state index in [4.69, 9.17) is 23.8 Å². The Hall–Kier alpha value is -2.30. The van der Waals surface area contributed by atoms with E-state index in [1.807, 2.05) is 26.0 Å². The molecule has 244 valence electrons. The lowest BCUT2D eigenvalue weighted by Crippen LogP contribution is -2.58. The molecule has 0 radical (unpaired) electrons. The summed E-state index contributed by atoms with van der Waals surface area (Å²) >= 11 is 0. The van der Waals surface area contributed by atoms with Gasteiger partial charge in [0.2, 0.25) is 0 Å². The molecule has 0 saturated carbocycles. The van der Waals surface area contributed by atoms with E-state index in [1.54, 1.807) is 19.1 Å². The van der Waals surface area contributed by atoms with Crippen LogP contribution in [0.4, 0.5) is 0 Å². The van der Waals surface area contributed by atoms with Crippen molar-refractivity contribution in [2.45, 2.75) is 122 Å². The molecule has 5 aliphatic rings. The molecule has 2 bridgehead atoms. The van der Waals surface area contributed by atoms with Crippen LogP contribution in [0.3, 0.4) is 0 Å². The van der Waals surface area contributed by atoms with Crippen molar-refractivity contribution < 1.29 is 38.8 Å². The third-order valence-corrected chi connectivity index (χ3v) is 10.5. The number of esters is 1. The number of fused-ring (bicyclic) bond motifs is 2. The van der Waals surface area contributed by atoms with E-state index >= 15 is 0 Å². The second-order valence-electron chi connectivity index (χ2n) is 13.7. The van der Waals surface area contributed by atoms with Crippen LogP contribution in [0.2, 0.25) is 0 Å². The van der Waals surface area contributed by atoms with Crippen LogP contribution in [-0.2, 0) is 28.6 Å². The number of carbonyl (C=O) groups is 1. The lowest BCUT2D eigenvalue weighted by atomic mass is 9.71. The van der Waals surface area contributed by atoms with Gasteiger partial charge >= 0.3 is 5.97 Å². The predicted octanol–water partition coefficient (Wildman–Crippen LogP) is 5.17. The smallest absolute Gasteiger partial charge is 0.316 e. The van der Waals surface area contributed by atoms with Crippen LogP contribution in [-0.4, -0.2) is 77.5 Å². The van der Waals surface area contributed by atoms with Gasteiger partial charge in [0.05, 0.1) is 24.5 Å². The Morgan fingerprint density at radius 3 is 2.70 bits per heavy atom. The van der Waals surface area contributed by atoms with E-state index in [9.17, 15) is 15.0 Å². The first-order valence-corrected chi connectivity index (χ1v) is 16.3. The van der Waals surface area contributed by atoms with Crippen molar-refractivity contribution in [2.75, 3.05) is 13.7 Å². The molecule has 9 nitrogen and oxygen atoms in total. The van der Waals surface area contributed by atoms with E-state index in [2.05, 4.69) is 32.0 Å². The van der Waals surface area contributed by atoms with Gasteiger partial charge in [0.15, 0.2) is 5.79 Å². The molecule has 11 atom stereocenters. The van der Waals surface area contributed by atoms with Gasteiger partial charge in [0.25, 0.3) is 0 Å². The van der Waals surface area contributed by atoms with Gasteiger partial charge in [-0.1, -0.05) is 69.7 Å². The highest BCUT2D eigenvalue weighted by Gasteiger charge is 2.60. The molecule has 9 heteroatoms. The molecule has 4 aliphatic heterocycles. The highest BCUT2D eigenvalue weighted by atomic mass is 16.7. The lowest BCUT2D eigenvalue weighted by molar-refractivity contribution is -0.340. The lowest BCUT2D eigenvalue weighted by Gasteiger charge is -2.51. The zero-order valence-electron chi connectivity index (χ0n) is 27.3. The number of nitrogens with zero attached hydrogens (tertiary/aromatic N) is 1. The standard InChI is InChI=1S/C35H51NO8/c1-8-20(2)31-23(5)14-15-34(44-31)18-27-17-26(43-34)13-12-22(4)29(36-40-7)21(3)10-9-11-25-19-41-32-30(37)24(6)16-28(33(38)42-27)35(25,32)39/h9-12,16,20-21,23,26-28,30-32,37,39H,8,13-15,17-19H2,1-7H3/b10-9+,22-12+,25-11+,36-29-/t20-,21-,23-,26+,27-,28-,30+,31+,32+,34+,35+/m0/s1. The molecule has 1 aliphatic carbocycles. The van der Waals surface area contributed by atoms with Gasteiger partial charge in [-0.2, -0.15) is 0 Å². The Morgan fingerprint density at radius 2 is 1.98 bits per heavy atom. The molecule has 0 aromatic rings. The van der Waals surface area contributed by atoms with Crippen LogP contribution in [0.15, 0.2) is 52.3 Å². The summed E-state index contributed by atoms with van der Waals surface area (Å²) in [4.78, 5) is 19.3. The summed E-state index contributed by atoms with van der Waals surface area (Å²) in [5.74, 6) is -1.77. The van der Waals surface area contributed by atoms with Crippen LogP contribution in [0.25, 0.3) is 0 Å². The number of rotatable bonds is 3. The quantitative estimate of drug-likeness (QED) is 0.254. The fourth-order valence-corrected chi connectivity index (χ4v) is 7.70. The van der Waals surface area contributed by atoms with E-state index in [1.165, 1.54) is 7.11 Å². The molecule has 44 heavy (non-hydrogen) atoms. The summed E-state index contributed by atoms with van der Waals surface area (Å²) in [5.41, 5.74) is 1.09. The number of allylic oxidation sites excluding steroid dienone is 4. The average Bonchev–Trinajstić information content (AvgIpc) is 3.33. The Kier molecular flexibility index (Phi) is 9.93. The minimum atomic E-state index is -1.75. The SMILES string of the molecule is CC[C@H](C)[C@H]1O[C@]2(CC[C@@H]1C)C[C@@H]1C[C@@H](C/C=C(C)/C(=N\OC)[C@@H](C)/C=C/C=C3\CO[C@@H]4[C@H](O)C(C)=C[C@@H](C(=O)O1)[C@]34O)O2. The number of oxime groups is 1. The van der Waals surface area contributed by atoms with Gasteiger partial charge in [-0.3, -0.25) is 4.79 Å². The molecule has 2 N–H and O–H groups in total. The van der Waals surface area contributed by atoms with Crippen molar-refractivity contribution in [3.05, 3.63) is 47.1 Å². The van der Waals surface area contributed by atoms with Crippen LogP contribution >= 0.6 is 0 Å². The molecule has 4 heterocycles. The van der Waals surface area contributed by atoms with Gasteiger partial charge in [-0.25, -0.2) is 0 Å². The largest absolute Gasteiger partial charge is 0.462 e. The van der Waals surface area contributed by atoms with E-state index in [0.29, 0.717) is 48.7 Å². The summed E-state index contributed by atoms with van der Waals surface area (Å²) in [5, 5.41) is 27.5. The number of hydrogen-bond acceptors (Lipinski definition) is 9. The minimum absolute atomic E-state index is 0.0438. The van der Waals surface area contributed by atoms with Crippen LogP contribution < -0.4 is 0 Å². The van der Waals surface area contributed by atoms with E-state index in [0.717, 1.165) is 24.1 Å². The van der Waals surface area contributed by atoms with Crippen LogP contribution in [0, 0.1) is 23.7 Å². The molecule has 3 fully saturated rings. The minimum Gasteiger partial charge on any atom is -0.462 e. The van der Waals surface area contributed by atoms with Crippen molar-refractivity contribution in [3.63, 3.8) is 0 Å². The van der Waals surface area contributed by atoms with Gasteiger partial charge in [0, 0.05) is 25.2 Å². The van der Waals surface area contributed by atoms with E-state index in [-0.39, 0.29) is 24.7 Å². The molecular weight excluding hydrogens is 562 g/mol. The van der Waals surface area contributed by atoms with Crippen LogP contribution in [0.5, 0.6) is 0 Å². The summed E-state index contributed by atoms with van der Waals surface area (Å²) < 4.78 is 25.9. The maximum absolute atomic E-state index is 14.0. The first kappa shape index (κ1) is 33.1. The third-order valence-electron chi connectivity index (χ3n) is 10.5. The summed E-state index contributed by atoms with van der Waals surface area (Å²) in [6, 6.07) is 0. The van der Waals surface area contributed by atoms with Gasteiger partial charge in [-0.05, 0) is 55.2 Å². The number of aliphatic hydroxyl groups excluding tert-OH is 1. The topological polar surface area (TPSA) is 116 Å². The fourth-order valence-electron chi connectivity index (χ4n) is 7.70. The molecule has 5 rings (SSSR count). The summed E-state index contributed by atoms with van der Waals surface area (Å²) in [6.07, 6.45) is 10.8. The van der Waals surface area contributed by atoms with Gasteiger partial charge in [0.1, 0.15) is 36.9 Å². The normalized spacial score (nSPS) is 46.2. The Morgan fingerprint density at radius 1 is 1.20 bits per heavy atom. The molecule has 1 spiro atoms.